The summed E-state index contributed by atoms with van der Waals surface area (Å²) in [6.07, 6.45) is -2.82. The Morgan fingerprint density at radius 1 is 1.26 bits per heavy atom. The third-order valence-electron chi connectivity index (χ3n) is 5.80. The van der Waals surface area contributed by atoms with Crippen LogP contribution in [0.5, 0.6) is 0 Å². The van der Waals surface area contributed by atoms with Crippen molar-refractivity contribution < 1.29 is 37.0 Å². The summed E-state index contributed by atoms with van der Waals surface area (Å²) in [4.78, 5) is 25.8. The molecular formula is C21H31F3N2O5. The van der Waals surface area contributed by atoms with Crippen LogP contribution in [0.3, 0.4) is 0 Å². The van der Waals surface area contributed by atoms with Crippen LogP contribution < -0.4 is 0 Å². The number of carbonyl (C=O) groups excluding carboxylic acids is 1. The number of carbonyl (C=O) groups is 2. The van der Waals surface area contributed by atoms with Crippen molar-refractivity contribution in [3.63, 3.8) is 0 Å². The Balaban J connectivity index is 0.000000423. The van der Waals surface area contributed by atoms with Gasteiger partial charge in [0.05, 0.1) is 25.3 Å². The zero-order valence-electron chi connectivity index (χ0n) is 18.4. The van der Waals surface area contributed by atoms with Gasteiger partial charge >= 0.3 is 12.1 Å². The van der Waals surface area contributed by atoms with E-state index in [1.54, 1.807) is 0 Å². The molecule has 1 amide bonds. The number of halogens is 3. The van der Waals surface area contributed by atoms with Gasteiger partial charge in [-0.3, -0.25) is 4.79 Å². The summed E-state index contributed by atoms with van der Waals surface area (Å²) in [6.45, 7) is 13.7. The van der Waals surface area contributed by atoms with Gasteiger partial charge in [0.2, 0.25) is 0 Å². The number of rotatable bonds is 5. The van der Waals surface area contributed by atoms with Gasteiger partial charge in [0.25, 0.3) is 5.91 Å². The van der Waals surface area contributed by atoms with Crippen molar-refractivity contribution in [2.24, 2.45) is 5.92 Å². The number of aliphatic carboxylic acids is 1. The highest BCUT2D eigenvalue weighted by atomic mass is 19.4. The molecule has 0 aliphatic carbocycles. The molecule has 1 N–H and O–H groups in total. The van der Waals surface area contributed by atoms with E-state index in [-0.39, 0.29) is 11.5 Å². The van der Waals surface area contributed by atoms with Crippen LogP contribution in [0.25, 0.3) is 0 Å². The Labute approximate surface area is 180 Å². The first-order valence-electron chi connectivity index (χ1n) is 10.4. The van der Waals surface area contributed by atoms with Crippen LogP contribution in [0.4, 0.5) is 13.2 Å². The fourth-order valence-corrected chi connectivity index (χ4v) is 3.96. The first-order chi connectivity index (χ1) is 14.4. The predicted molar refractivity (Wildman–Crippen MR) is 107 cm³/mol. The van der Waals surface area contributed by atoms with Crippen molar-refractivity contribution in [1.82, 2.24) is 9.80 Å². The van der Waals surface area contributed by atoms with E-state index in [2.05, 4.69) is 18.7 Å². The molecule has 2 fully saturated rings. The molecule has 0 aromatic carbocycles. The first kappa shape index (κ1) is 25.2. The van der Waals surface area contributed by atoms with Gasteiger partial charge in [0.1, 0.15) is 17.1 Å². The normalized spacial score (nSPS) is 20.3. The molecule has 10 heteroatoms. The van der Waals surface area contributed by atoms with Gasteiger partial charge in [0.15, 0.2) is 0 Å². The number of hydrogen-bond donors (Lipinski definition) is 1. The number of aryl methyl sites for hydroxylation is 2. The van der Waals surface area contributed by atoms with Crippen molar-refractivity contribution in [1.29, 1.82) is 0 Å². The van der Waals surface area contributed by atoms with E-state index in [0.29, 0.717) is 30.3 Å². The lowest BCUT2D eigenvalue weighted by molar-refractivity contribution is -0.192. The standard InChI is InChI=1S/C19H30N2O3.C2HF3O2/c1-5-20(6-2)10-16-7-8-19(23-11-16)12-21(13-19)18(22)17-9-14(3)24-15(17)4;3-2(4,5)1(6)7/h9,16H,5-8,10-13H2,1-4H3;(H,6,7). The molecule has 1 atom stereocenters. The van der Waals surface area contributed by atoms with Gasteiger partial charge in [0, 0.05) is 6.54 Å². The highest BCUT2D eigenvalue weighted by molar-refractivity contribution is 5.96. The van der Waals surface area contributed by atoms with Crippen LogP contribution in [-0.4, -0.2) is 77.9 Å². The van der Waals surface area contributed by atoms with Crippen molar-refractivity contribution in [3.05, 3.63) is 23.2 Å². The molecule has 1 spiro atoms. The summed E-state index contributed by atoms with van der Waals surface area (Å²) in [5.41, 5.74) is 0.597. The maximum absolute atomic E-state index is 12.6. The number of furan rings is 1. The average molecular weight is 448 g/mol. The maximum Gasteiger partial charge on any atom is 0.490 e. The summed E-state index contributed by atoms with van der Waals surface area (Å²) in [6, 6.07) is 1.84. The second kappa shape index (κ2) is 10.0. The van der Waals surface area contributed by atoms with E-state index in [1.807, 2.05) is 24.8 Å². The molecule has 2 aliphatic heterocycles. The van der Waals surface area contributed by atoms with Crippen molar-refractivity contribution >= 4 is 11.9 Å². The summed E-state index contributed by atoms with van der Waals surface area (Å²) in [5.74, 6) is -0.558. The molecule has 176 valence electrons. The van der Waals surface area contributed by atoms with Crippen molar-refractivity contribution in [3.8, 4) is 0 Å². The number of carboxylic acids is 1. The zero-order valence-corrected chi connectivity index (χ0v) is 18.4. The molecule has 1 aromatic rings. The summed E-state index contributed by atoms with van der Waals surface area (Å²) in [7, 11) is 0. The second-order valence-corrected chi connectivity index (χ2v) is 8.18. The molecule has 3 heterocycles. The van der Waals surface area contributed by atoms with Crippen LogP contribution >= 0.6 is 0 Å². The average Bonchev–Trinajstić information content (AvgIpc) is 3.02. The van der Waals surface area contributed by atoms with Gasteiger partial charge in [-0.15, -0.1) is 0 Å². The van der Waals surface area contributed by atoms with Crippen LogP contribution in [0.2, 0.25) is 0 Å². The lowest BCUT2D eigenvalue weighted by atomic mass is 9.82. The van der Waals surface area contributed by atoms with E-state index in [0.717, 1.165) is 38.4 Å². The topological polar surface area (TPSA) is 83.2 Å². The SMILES string of the molecule is CCN(CC)CC1CCC2(CN(C(=O)c3cc(C)oc3C)C2)OC1.O=C(O)C(F)(F)F. The van der Waals surface area contributed by atoms with Gasteiger partial charge in [-0.1, -0.05) is 13.8 Å². The number of nitrogens with zero attached hydrogens (tertiary/aromatic N) is 2. The molecule has 1 aromatic heterocycles. The Morgan fingerprint density at radius 3 is 2.23 bits per heavy atom. The minimum Gasteiger partial charge on any atom is -0.475 e. The number of amides is 1. The number of likely N-dealkylation sites (tertiary alicyclic amines) is 1. The fraction of sp³-hybridized carbons (Fsp3) is 0.714. The maximum atomic E-state index is 12.6. The van der Waals surface area contributed by atoms with Gasteiger partial charge in [-0.25, -0.2) is 4.79 Å². The van der Waals surface area contributed by atoms with Crippen LogP contribution in [-0.2, 0) is 9.53 Å². The highest BCUT2D eigenvalue weighted by Crippen LogP contribution is 2.37. The van der Waals surface area contributed by atoms with E-state index in [1.165, 1.54) is 6.42 Å². The Morgan fingerprint density at radius 2 is 1.84 bits per heavy atom. The van der Waals surface area contributed by atoms with Crippen molar-refractivity contribution in [2.75, 3.05) is 39.3 Å². The monoisotopic (exact) mass is 448 g/mol. The van der Waals surface area contributed by atoms with E-state index >= 15 is 0 Å². The number of carboxylic acid groups (broad SMARTS) is 1. The van der Waals surface area contributed by atoms with Gasteiger partial charge in [-0.05, 0) is 51.8 Å². The lowest BCUT2D eigenvalue weighted by Gasteiger charge is -2.53. The Kier molecular flexibility index (Phi) is 8.15. The third kappa shape index (κ3) is 6.46. The molecule has 1 unspecified atom stereocenters. The van der Waals surface area contributed by atoms with Crippen LogP contribution in [0.15, 0.2) is 10.5 Å². The highest BCUT2D eigenvalue weighted by Gasteiger charge is 2.49. The molecule has 0 saturated carbocycles. The molecule has 7 nitrogen and oxygen atoms in total. The van der Waals surface area contributed by atoms with E-state index in [9.17, 15) is 18.0 Å². The number of ether oxygens (including phenoxy) is 1. The van der Waals surface area contributed by atoms with E-state index < -0.39 is 12.1 Å². The van der Waals surface area contributed by atoms with E-state index in [4.69, 9.17) is 19.1 Å². The molecular weight excluding hydrogens is 417 g/mol. The second-order valence-electron chi connectivity index (χ2n) is 8.18. The van der Waals surface area contributed by atoms with Gasteiger partial charge < -0.3 is 24.1 Å². The molecule has 0 radical (unpaired) electrons. The third-order valence-corrected chi connectivity index (χ3v) is 5.80. The Hall–Kier alpha value is -2.07. The largest absolute Gasteiger partial charge is 0.490 e. The molecule has 3 rings (SSSR count). The Bertz CT molecular complexity index is 758. The van der Waals surface area contributed by atoms with Gasteiger partial charge in [-0.2, -0.15) is 13.2 Å². The predicted octanol–water partition coefficient (Wildman–Crippen LogP) is 3.49. The van der Waals surface area contributed by atoms with Crippen molar-refractivity contribution in [2.45, 2.75) is 52.3 Å². The first-order valence-corrected chi connectivity index (χ1v) is 10.4. The summed E-state index contributed by atoms with van der Waals surface area (Å²) in [5, 5.41) is 7.12. The minimum absolute atomic E-state index is 0.0730. The lowest BCUT2D eigenvalue weighted by Crippen LogP contribution is -2.66. The molecule has 2 saturated heterocycles. The molecule has 0 bridgehead atoms. The smallest absolute Gasteiger partial charge is 0.475 e. The quantitative estimate of drug-likeness (QED) is 0.743. The number of hydrogen-bond acceptors (Lipinski definition) is 5. The van der Waals surface area contributed by atoms with Crippen LogP contribution in [0.1, 0.15) is 48.6 Å². The fourth-order valence-electron chi connectivity index (χ4n) is 3.96. The van der Waals surface area contributed by atoms with Crippen LogP contribution in [0, 0.1) is 19.8 Å². The molecule has 31 heavy (non-hydrogen) atoms. The number of alkyl halides is 3. The summed E-state index contributed by atoms with van der Waals surface area (Å²) < 4.78 is 43.4. The zero-order chi connectivity index (χ0) is 23.4. The summed E-state index contributed by atoms with van der Waals surface area (Å²) >= 11 is 0. The minimum atomic E-state index is -5.08. The molecule has 2 aliphatic rings.